The van der Waals surface area contributed by atoms with E-state index in [-0.39, 0.29) is 24.3 Å². The lowest BCUT2D eigenvalue weighted by molar-refractivity contribution is -0.165. The number of halogens is 1. The molecule has 0 aromatic heterocycles. The Morgan fingerprint density at radius 3 is 3.04 bits per heavy atom. The summed E-state index contributed by atoms with van der Waals surface area (Å²) in [5.74, 6) is 0.824. The minimum atomic E-state index is -0.654. The molecule has 0 saturated carbocycles. The van der Waals surface area contributed by atoms with E-state index in [0.717, 1.165) is 28.6 Å². The fourth-order valence-electron chi connectivity index (χ4n) is 3.70. The van der Waals surface area contributed by atoms with Crippen molar-refractivity contribution >= 4 is 22.0 Å². The predicted octanol–water partition coefficient (Wildman–Crippen LogP) is 1.94. The minimum absolute atomic E-state index is 0.0347. The van der Waals surface area contributed by atoms with Crippen molar-refractivity contribution in [1.29, 1.82) is 0 Å². The highest BCUT2D eigenvalue weighted by Crippen LogP contribution is 2.49. The second-order valence-corrected chi connectivity index (χ2v) is 7.09. The number of nitrogens with two attached hydrogens (primary N) is 1. The van der Waals surface area contributed by atoms with Gasteiger partial charge in [-0.15, -0.1) is 0 Å². The van der Waals surface area contributed by atoms with Crippen molar-refractivity contribution in [2.75, 3.05) is 20.3 Å². The zero-order valence-corrected chi connectivity index (χ0v) is 14.4. The van der Waals surface area contributed by atoms with Gasteiger partial charge in [0.15, 0.2) is 5.54 Å². The minimum Gasteiger partial charge on any atom is -0.487 e. The molecule has 4 atom stereocenters. The highest BCUT2D eigenvalue weighted by molar-refractivity contribution is 9.10. The Kier molecular flexibility index (Phi) is 3.74. The first-order valence-electron chi connectivity index (χ1n) is 7.71. The van der Waals surface area contributed by atoms with Gasteiger partial charge in [-0.25, -0.2) is 4.99 Å². The van der Waals surface area contributed by atoms with E-state index in [2.05, 4.69) is 20.9 Å². The Labute approximate surface area is 143 Å². The molecular weight excluding hydrogens is 364 g/mol. The Bertz CT molecular complexity index is 653. The highest BCUT2D eigenvalue weighted by atomic mass is 79.9. The molecule has 1 aromatic rings. The maximum Gasteiger partial charge on any atom is 0.283 e. The first kappa shape index (κ1) is 15.2. The van der Waals surface area contributed by atoms with Gasteiger partial charge in [0.2, 0.25) is 0 Å². The number of benzene rings is 1. The molecule has 1 aromatic carbocycles. The third-order valence-electron chi connectivity index (χ3n) is 4.71. The van der Waals surface area contributed by atoms with E-state index < -0.39 is 5.54 Å². The largest absolute Gasteiger partial charge is 0.487 e. The number of fused-ring (bicyclic) bond motifs is 4. The van der Waals surface area contributed by atoms with Gasteiger partial charge in [-0.2, -0.15) is 0 Å². The van der Waals surface area contributed by atoms with E-state index in [1.54, 1.807) is 7.11 Å². The van der Waals surface area contributed by atoms with Crippen LogP contribution in [0.1, 0.15) is 18.4 Å². The van der Waals surface area contributed by atoms with Gasteiger partial charge in [0, 0.05) is 17.1 Å². The smallest absolute Gasteiger partial charge is 0.283 e. The summed E-state index contributed by atoms with van der Waals surface area (Å²) in [4.78, 5) is 4.65. The number of hydrogen-bond donors (Lipinski definition) is 1. The normalized spacial score (nSPS) is 35.0. The molecule has 2 unspecified atom stereocenters. The summed E-state index contributed by atoms with van der Waals surface area (Å²) in [5, 5.41) is 0. The lowest BCUT2D eigenvalue weighted by Gasteiger charge is -2.47. The molecule has 124 valence electrons. The topological polar surface area (TPSA) is 75.3 Å². The van der Waals surface area contributed by atoms with Gasteiger partial charge in [-0.3, -0.25) is 0 Å². The molecule has 0 bridgehead atoms. The van der Waals surface area contributed by atoms with Crippen molar-refractivity contribution in [3.63, 3.8) is 0 Å². The van der Waals surface area contributed by atoms with Crippen LogP contribution >= 0.6 is 15.9 Å². The SMILES string of the molecule is COCC1CC[C@@H]2Oc3ccc(Br)cc3C3(COC(N)=N3)[C@H]2O1. The fraction of sp³-hybridized carbons (Fsp3) is 0.562. The molecule has 7 heteroatoms. The molecule has 4 rings (SSSR count). The van der Waals surface area contributed by atoms with Gasteiger partial charge in [-0.05, 0) is 31.0 Å². The van der Waals surface area contributed by atoms with Crippen molar-refractivity contribution in [3.8, 4) is 5.75 Å². The van der Waals surface area contributed by atoms with Crippen LogP contribution in [0, 0.1) is 0 Å². The number of hydrogen-bond acceptors (Lipinski definition) is 6. The van der Waals surface area contributed by atoms with E-state index in [4.69, 9.17) is 24.7 Å². The number of methoxy groups -OCH3 is 1. The zero-order chi connectivity index (χ0) is 16.0. The maximum absolute atomic E-state index is 6.31. The Balaban J connectivity index is 1.79. The molecule has 0 radical (unpaired) electrons. The summed E-state index contributed by atoms with van der Waals surface area (Å²) in [6.45, 7) is 0.928. The second kappa shape index (κ2) is 5.65. The van der Waals surface area contributed by atoms with Crippen LogP contribution in [0.2, 0.25) is 0 Å². The molecule has 2 N–H and O–H groups in total. The summed E-state index contributed by atoms with van der Waals surface area (Å²) < 4.78 is 24.2. The zero-order valence-electron chi connectivity index (χ0n) is 12.8. The van der Waals surface area contributed by atoms with Gasteiger partial charge >= 0.3 is 0 Å². The molecule has 3 heterocycles. The summed E-state index contributed by atoms with van der Waals surface area (Å²) in [6.07, 6.45) is 1.53. The molecule has 1 saturated heterocycles. The Hall–Kier alpha value is -1.31. The third kappa shape index (κ3) is 2.42. The lowest BCUT2D eigenvalue weighted by Crippen LogP contribution is -2.57. The van der Waals surface area contributed by atoms with Crippen molar-refractivity contribution in [2.24, 2.45) is 10.7 Å². The van der Waals surface area contributed by atoms with Crippen LogP contribution in [-0.2, 0) is 19.7 Å². The average molecular weight is 383 g/mol. The van der Waals surface area contributed by atoms with Gasteiger partial charge in [-0.1, -0.05) is 15.9 Å². The van der Waals surface area contributed by atoms with Crippen molar-refractivity contribution < 1.29 is 18.9 Å². The van der Waals surface area contributed by atoms with E-state index >= 15 is 0 Å². The van der Waals surface area contributed by atoms with Crippen LogP contribution in [0.5, 0.6) is 5.75 Å². The van der Waals surface area contributed by atoms with E-state index in [0.29, 0.717) is 13.2 Å². The molecule has 6 nitrogen and oxygen atoms in total. The monoisotopic (exact) mass is 382 g/mol. The van der Waals surface area contributed by atoms with Crippen molar-refractivity contribution in [1.82, 2.24) is 0 Å². The van der Waals surface area contributed by atoms with Crippen LogP contribution in [0.15, 0.2) is 27.7 Å². The first-order valence-corrected chi connectivity index (χ1v) is 8.51. The summed E-state index contributed by atoms with van der Waals surface area (Å²) >= 11 is 3.52. The second-order valence-electron chi connectivity index (χ2n) is 6.17. The molecule has 23 heavy (non-hydrogen) atoms. The fourth-order valence-corrected chi connectivity index (χ4v) is 4.06. The summed E-state index contributed by atoms with van der Waals surface area (Å²) in [7, 11) is 1.68. The third-order valence-corrected chi connectivity index (χ3v) is 5.20. The predicted molar refractivity (Wildman–Crippen MR) is 87.6 cm³/mol. The quantitative estimate of drug-likeness (QED) is 0.845. The number of amidine groups is 1. The number of ether oxygens (including phenoxy) is 4. The highest BCUT2D eigenvalue weighted by Gasteiger charge is 2.56. The van der Waals surface area contributed by atoms with E-state index in [9.17, 15) is 0 Å². The van der Waals surface area contributed by atoms with Crippen LogP contribution in [0.25, 0.3) is 0 Å². The van der Waals surface area contributed by atoms with Crippen molar-refractivity contribution in [3.05, 3.63) is 28.2 Å². The van der Waals surface area contributed by atoms with E-state index in [1.807, 2.05) is 18.2 Å². The molecule has 0 aliphatic carbocycles. The van der Waals surface area contributed by atoms with Gasteiger partial charge < -0.3 is 24.7 Å². The van der Waals surface area contributed by atoms with Gasteiger partial charge in [0.25, 0.3) is 6.02 Å². The Morgan fingerprint density at radius 1 is 1.43 bits per heavy atom. The number of nitrogens with zero attached hydrogens (tertiary/aromatic N) is 1. The molecule has 3 aliphatic rings. The molecule has 3 aliphatic heterocycles. The summed E-state index contributed by atoms with van der Waals surface area (Å²) in [5.41, 5.74) is 6.14. The Morgan fingerprint density at radius 2 is 2.30 bits per heavy atom. The van der Waals surface area contributed by atoms with Gasteiger partial charge in [0.05, 0.1) is 12.7 Å². The lowest BCUT2D eigenvalue weighted by atomic mass is 9.78. The molecular formula is C16H19BrN2O4. The van der Waals surface area contributed by atoms with E-state index in [1.165, 1.54) is 0 Å². The molecule has 0 amide bonds. The average Bonchev–Trinajstić information content (AvgIpc) is 2.92. The number of aliphatic imine (C=N–C) groups is 1. The van der Waals surface area contributed by atoms with Crippen LogP contribution in [0.4, 0.5) is 0 Å². The van der Waals surface area contributed by atoms with Crippen molar-refractivity contribution in [2.45, 2.75) is 36.7 Å². The first-order chi connectivity index (χ1) is 11.1. The maximum atomic E-state index is 6.31. The van der Waals surface area contributed by atoms with Crippen LogP contribution in [-0.4, -0.2) is 44.7 Å². The van der Waals surface area contributed by atoms with Crippen LogP contribution in [0.3, 0.4) is 0 Å². The number of rotatable bonds is 2. The summed E-state index contributed by atoms with van der Waals surface area (Å²) in [6, 6.07) is 6.14. The van der Waals surface area contributed by atoms with Gasteiger partial charge in [0.1, 0.15) is 24.6 Å². The molecule has 1 fully saturated rings. The molecule has 1 spiro atoms. The standard InChI is InChI=1S/C16H19BrN2O4/c1-20-7-10-3-5-13-14(22-10)16(8-21-15(18)19-16)11-6-9(17)2-4-12(11)23-13/h2,4,6,10,13-14H,3,5,7-8H2,1H3,(H2,18,19)/t10?,13-,14-,16?/m0/s1. The van der Waals surface area contributed by atoms with Crippen LogP contribution < -0.4 is 10.5 Å².